The first-order chi connectivity index (χ1) is 16.8. The molecule has 0 nitrogen and oxygen atoms in total. The molecule has 0 aliphatic carbocycles. The van der Waals surface area contributed by atoms with Gasteiger partial charge in [0.1, 0.15) is 0 Å². The van der Waals surface area contributed by atoms with Crippen molar-refractivity contribution < 1.29 is 0 Å². The minimum absolute atomic E-state index is 1.14. The lowest BCUT2D eigenvalue weighted by Crippen LogP contribution is -1.90. The van der Waals surface area contributed by atoms with Gasteiger partial charge in [-0.25, -0.2) is 0 Å². The number of rotatable bonds is 4. The molecule has 0 saturated heterocycles. The smallest absolute Gasteiger partial charge is 0.00264 e. The summed E-state index contributed by atoms with van der Waals surface area (Å²) in [4.78, 5) is 0. The molecule has 0 amide bonds. The van der Waals surface area contributed by atoms with Gasteiger partial charge in [-0.1, -0.05) is 140 Å². The SMILES string of the molecule is C=Cc1ccc(-c2ccc(-c3c4ccccc4c(-c4ccccc4)c4ccccc34)cc2)cc1. The Hall–Kier alpha value is -4.42. The van der Waals surface area contributed by atoms with Gasteiger partial charge < -0.3 is 0 Å². The average molecular weight is 433 g/mol. The second-order valence-corrected chi connectivity index (χ2v) is 8.61. The summed E-state index contributed by atoms with van der Waals surface area (Å²) < 4.78 is 0. The number of benzene rings is 6. The highest BCUT2D eigenvalue weighted by atomic mass is 14.2. The van der Waals surface area contributed by atoms with Crippen LogP contribution in [0.5, 0.6) is 0 Å². The maximum absolute atomic E-state index is 3.85. The predicted molar refractivity (Wildman–Crippen MR) is 148 cm³/mol. The Kier molecular flexibility index (Phi) is 5.05. The molecule has 6 aromatic rings. The zero-order chi connectivity index (χ0) is 22.9. The molecule has 0 unspecified atom stereocenters. The van der Waals surface area contributed by atoms with E-state index in [4.69, 9.17) is 0 Å². The summed E-state index contributed by atoms with van der Waals surface area (Å²) in [5, 5.41) is 5.13. The Labute approximate surface area is 200 Å². The first-order valence-corrected chi connectivity index (χ1v) is 11.7. The monoisotopic (exact) mass is 432 g/mol. The van der Waals surface area contributed by atoms with Gasteiger partial charge in [-0.2, -0.15) is 0 Å². The lowest BCUT2D eigenvalue weighted by Gasteiger charge is -2.18. The molecule has 160 valence electrons. The van der Waals surface area contributed by atoms with Crippen molar-refractivity contribution in [2.75, 3.05) is 0 Å². The molecule has 0 spiro atoms. The van der Waals surface area contributed by atoms with Gasteiger partial charge in [0.15, 0.2) is 0 Å². The Balaban J connectivity index is 1.58. The quantitative estimate of drug-likeness (QED) is 0.243. The van der Waals surface area contributed by atoms with E-state index in [-0.39, 0.29) is 0 Å². The van der Waals surface area contributed by atoms with Crippen molar-refractivity contribution in [1.82, 2.24) is 0 Å². The Morgan fingerprint density at radius 3 is 1.15 bits per heavy atom. The molecule has 0 radical (unpaired) electrons. The van der Waals surface area contributed by atoms with E-state index in [1.165, 1.54) is 54.9 Å². The van der Waals surface area contributed by atoms with Crippen LogP contribution in [0.2, 0.25) is 0 Å². The van der Waals surface area contributed by atoms with Gasteiger partial charge >= 0.3 is 0 Å². The lowest BCUT2D eigenvalue weighted by molar-refractivity contribution is 1.59. The third-order valence-electron chi connectivity index (χ3n) is 6.65. The largest absolute Gasteiger partial charge is 0.0985 e. The minimum Gasteiger partial charge on any atom is -0.0985 e. The van der Waals surface area contributed by atoms with Crippen LogP contribution in [0.4, 0.5) is 0 Å². The molecule has 0 aliphatic rings. The molecule has 6 aromatic carbocycles. The Morgan fingerprint density at radius 2 is 0.706 bits per heavy atom. The van der Waals surface area contributed by atoms with E-state index >= 15 is 0 Å². The molecule has 0 aromatic heterocycles. The number of hydrogen-bond acceptors (Lipinski definition) is 0. The average Bonchev–Trinajstić information content (AvgIpc) is 2.92. The van der Waals surface area contributed by atoms with Gasteiger partial charge in [-0.3, -0.25) is 0 Å². The minimum atomic E-state index is 1.14. The second kappa shape index (κ2) is 8.50. The van der Waals surface area contributed by atoms with Gasteiger partial charge in [-0.05, 0) is 60.5 Å². The van der Waals surface area contributed by atoms with E-state index in [2.05, 4.69) is 134 Å². The van der Waals surface area contributed by atoms with Gasteiger partial charge in [0, 0.05) is 0 Å². The summed E-state index contributed by atoms with van der Waals surface area (Å²) in [5.41, 5.74) is 8.64. The van der Waals surface area contributed by atoms with E-state index in [0.717, 1.165) is 5.56 Å². The van der Waals surface area contributed by atoms with Crippen LogP contribution in [0.1, 0.15) is 5.56 Å². The maximum Gasteiger partial charge on any atom is -0.00264 e. The van der Waals surface area contributed by atoms with Crippen molar-refractivity contribution in [3.05, 3.63) is 140 Å². The third kappa shape index (κ3) is 3.41. The predicted octanol–water partition coefficient (Wildman–Crippen LogP) is 9.64. The fourth-order valence-electron chi connectivity index (χ4n) is 5.00. The molecule has 0 fully saturated rings. The van der Waals surface area contributed by atoms with Crippen molar-refractivity contribution in [2.24, 2.45) is 0 Å². The summed E-state index contributed by atoms with van der Waals surface area (Å²) in [6.07, 6.45) is 1.88. The molecule has 0 N–H and O–H groups in total. The topological polar surface area (TPSA) is 0 Å². The van der Waals surface area contributed by atoms with Gasteiger partial charge in [0.05, 0.1) is 0 Å². The molecule has 0 heteroatoms. The molecule has 0 aliphatic heterocycles. The van der Waals surface area contributed by atoms with Gasteiger partial charge in [0.2, 0.25) is 0 Å². The van der Waals surface area contributed by atoms with Gasteiger partial charge in [0.25, 0.3) is 0 Å². The summed E-state index contributed by atoms with van der Waals surface area (Å²) in [6, 6.07) is 45.8. The molecule has 34 heavy (non-hydrogen) atoms. The van der Waals surface area contributed by atoms with Crippen LogP contribution in [0.15, 0.2) is 134 Å². The highest BCUT2D eigenvalue weighted by Crippen LogP contribution is 2.43. The summed E-state index contributed by atoms with van der Waals surface area (Å²) >= 11 is 0. The molecular formula is C34H24. The van der Waals surface area contributed by atoms with E-state index in [9.17, 15) is 0 Å². The molecule has 0 heterocycles. The molecular weight excluding hydrogens is 408 g/mol. The van der Waals surface area contributed by atoms with Crippen LogP contribution in [0.3, 0.4) is 0 Å². The number of fused-ring (bicyclic) bond motifs is 2. The first kappa shape index (κ1) is 20.2. The fourth-order valence-corrected chi connectivity index (χ4v) is 5.00. The third-order valence-corrected chi connectivity index (χ3v) is 6.65. The van der Waals surface area contributed by atoms with E-state index in [1.54, 1.807) is 0 Å². The Morgan fingerprint density at radius 1 is 0.353 bits per heavy atom. The highest BCUT2D eigenvalue weighted by molar-refractivity contribution is 6.21. The standard InChI is InChI=1S/C34H24/c1-2-24-16-18-25(19-17-24)26-20-22-28(23-21-26)34-31-14-8-6-12-29(31)33(27-10-4-3-5-11-27)30-13-7-9-15-32(30)34/h2-23H,1H2. The normalized spacial score (nSPS) is 11.1. The zero-order valence-corrected chi connectivity index (χ0v) is 18.9. The number of hydrogen-bond donors (Lipinski definition) is 0. The first-order valence-electron chi connectivity index (χ1n) is 11.7. The zero-order valence-electron chi connectivity index (χ0n) is 18.9. The van der Waals surface area contributed by atoms with Crippen LogP contribution in [0.25, 0.3) is 61.0 Å². The van der Waals surface area contributed by atoms with Crippen LogP contribution in [-0.4, -0.2) is 0 Å². The molecule has 0 atom stereocenters. The van der Waals surface area contributed by atoms with Gasteiger partial charge in [-0.15, -0.1) is 0 Å². The fraction of sp³-hybridized carbons (Fsp3) is 0. The van der Waals surface area contributed by atoms with E-state index < -0.39 is 0 Å². The summed E-state index contributed by atoms with van der Waals surface area (Å²) in [7, 11) is 0. The summed E-state index contributed by atoms with van der Waals surface area (Å²) in [5.74, 6) is 0. The molecule has 6 rings (SSSR count). The van der Waals surface area contributed by atoms with E-state index in [1.807, 2.05) is 6.08 Å². The lowest BCUT2D eigenvalue weighted by atomic mass is 9.86. The van der Waals surface area contributed by atoms with Crippen molar-refractivity contribution in [1.29, 1.82) is 0 Å². The van der Waals surface area contributed by atoms with Crippen molar-refractivity contribution in [3.8, 4) is 33.4 Å². The van der Waals surface area contributed by atoms with Crippen molar-refractivity contribution >= 4 is 27.6 Å². The maximum atomic E-state index is 3.85. The molecule has 0 saturated carbocycles. The van der Waals surface area contributed by atoms with Crippen molar-refractivity contribution in [3.63, 3.8) is 0 Å². The molecule has 0 bridgehead atoms. The Bertz CT molecular complexity index is 1560. The summed E-state index contributed by atoms with van der Waals surface area (Å²) in [6.45, 7) is 3.85. The van der Waals surface area contributed by atoms with Crippen molar-refractivity contribution in [2.45, 2.75) is 0 Å². The van der Waals surface area contributed by atoms with Crippen LogP contribution in [0, 0.1) is 0 Å². The van der Waals surface area contributed by atoms with Crippen LogP contribution >= 0.6 is 0 Å². The highest BCUT2D eigenvalue weighted by Gasteiger charge is 2.16. The second-order valence-electron chi connectivity index (χ2n) is 8.61. The van der Waals surface area contributed by atoms with E-state index in [0.29, 0.717) is 0 Å². The van der Waals surface area contributed by atoms with Crippen LogP contribution in [-0.2, 0) is 0 Å². The van der Waals surface area contributed by atoms with Crippen LogP contribution < -0.4 is 0 Å².